The Balaban J connectivity index is 0.00000220. The van der Waals surface area contributed by atoms with E-state index in [0.717, 1.165) is 19.4 Å². The number of carbonyl (C=O) groups is 2. The summed E-state index contributed by atoms with van der Waals surface area (Å²) in [7, 11) is 1.63. The summed E-state index contributed by atoms with van der Waals surface area (Å²) in [4.78, 5) is 28.0. The van der Waals surface area contributed by atoms with Crippen molar-refractivity contribution < 1.29 is 14.3 Å². The van der Waals surface area contributed by atoms with E-state index in [2.05, 4.69) is 12.2 Å². The predicted octanol–water partition coefficient (Wildman–Crippen LogP) is 0.114. The number of rotatable bonds is 4. The van der Waals surface area contributed by atoms with Gasteiger partial charge in [-0.05, 0) is 26.3 Å². The van der Waals surface area contributed by atoms with E-state index >= 15 is 0 Å². The second kappa shape index (κ2) is 8.56. The molecule has 122 valence electrons. The Bertz CT molecular complexity index is 367. The summed E-state index contributed by atoms with van der Waals surface area (Å²) in [5, 5.41) is 3.35. The smallest absolute Gasteiger partial charge is 0.242 e. The van der Waals surface area contributed by atoms with E-state index in [4.69, 9.17) is 4.74 Å². The van der Waals surface area contributed by atoms with Crippen LogP contribution in [0.1, 0.15) is 19.8 Å². The molecule has 0 aromatic carbocycles. The van der Waals surface area contributed by atoms with Crippen molar-refractivity contribution in [2.24, 2.45) is 5.92 Å². The van der Waals surface area contributed by atoms with Crippen LogP contribution in [0.5, 0.6) is 0 Å². The highest BCUT2D eigenvalue weighted by Gasteiger charge is 2.32. The number of piperazine rings is 1. The van der Waals surface area contributed by atoms with E-state index in [1.54, 1.807) is 16.9 Å². The van der Waals surface area contributed by atoms with Crippen molar-refractivity contribution in [1.82, 2.24) is 15.1 Å². The van der Waals surface area contributed by atoms with Crippen molar-refractivity contribution in [1.29, 1.82) is 0 Å². The molecule has 0 spiro atoms. The molecular formula is C14H26ClN3O3. The number of nitrogens with one attached hydrogen (secondary N) is 1. The van der Waals surface area contributed by atoms with E-state index in [-0.39, 0.29) is 36.7 Å². The van der Waals surface area contributed by atoms with Gasteiger partial charge in [0.25, 0.3) is 0 Å². The Labute approximate surface area is 132 Å². The second-order valence-electron chi connectivity index (χ2n) is 5.71. The molecule has 0 aromatic rings. The van der Waals surface area contributed by atoms with Gasteiger partial charge in [-0.15, -0.1) is 12.4 Å². The first-order valence-corrected chi connectivity index (χ1v) is 7.40. The fourth-order valence-corrected chi connectivity index (χ4v) is 2.95. The van der Waals surface area contributed by atoms with Gasteiger partial charge >= 0.3 is 0 Å². The first kappa shape index (κ1) is 18.2. The van der Waals surface area contributed by atoms with Gasteiger partial charge in [0.05, 0.1) is 13.2 Å². The van der Waals surface area contributed by atoms with Crippen molar-refractivity contribution in [3.05, 3.63) is 0 Å². The zero-order valence-corrected chi connectivity index (χ0v) is 13.7. The van der Waals surface area contributed by atoms with Gasteiger partial charge in [0.15, 0.2) is 0 Å². The minimum absolute atomic E-state index is 0. The van der Waals surface area contributed by atoms with Crippen LogP contribution >= 0.6 is 12.4 Å². The molecule has 2 heterocycles. The van der Waals surface area contributed by atoms with Crippen LogP contribution < -0.4 is 5.32 Å². The zero-order chi connectivity index (χ0) is 14.5. The lowest BCUT2D eigenvalue weighted by Crippen LogP contribution is -2.55. The van der Waals surface area contributed by atoms with Crippen LogP contribution in [-0.2, 0) is 14.3 Å². The quantitative estimate of drug-likeness (QED) is 0.799. The molecule has 0 bridgehead atoms. The van der Waals surface area contributed by atoms with Crippen LogP contribution in [0, 0.1) is 5.92 Å². The molecule has 21 heavy (non-hydrogen) atoms. The molecule has 2 fully saturated rings. The highest BCUT2D eigenvalue weighted by Crippen LogP contribution is 2.19. The molecule has 0 saturated carbocycles. The molecule has 2 rings (SSSR count). The highest BCUT2D eigenvalue weighted by molar-refractivity contribution is 5.87. The molecule has 1 N–H and O–H groups in total. The third kappa shape index (κ3) is 4.83. The fourth-order valence-electron chi connectivity index (χ4n) is 2.95. The van der Waals surface area contributed by atoms with Crippen molar-refractivity contribution in [3.63, 3.8) is 0 Å². The number of carbonyl (C=O) groups excluding carboxylic acids is 2. The summed E-state index contributed by atoms with van der Waals surface area (Å²) in [5.41, 5.74) is 0. The van der Waals surface area contributed by atoms with Gasteiger partial charge < -0.3 is 19.9 Å². The van der Waals surface area contributed by atoms with E-state index in [9.17, 15) is 9.59 Å². The Morgan fingerprint density at radius 3 is 2.81 bits per heavy atom. The second-order valence-corrected chi connectivity index (χ2v) is 5.71. The number of piperidine rings is 1. The summed E-state index contributed by atoms with van der Waals surface area (Å²) in [6.45, 7) is 5.64. The minimum atomic E-state index is 0. The SMILES string of the molecule is COCCN1CCN(C(=O)[C@H]2CCN[C@@H](C)C2)CC1=O.Cl. The van der Waals surface area contributed by atoms with Crippen molar-refractivity contribution in [3.8, 4) is 0 Å². The van der Waals surface area contributed by atoms with Gasteiger partial charge in [-0.1, -0.05) is 0 Å². The lowest BCUT2D eigenvalue weighted by molar-refractivity contribution is -0.148. The topological polar surface area (TPSA) is 61.9 Å². The predicted molar refractivity (Wildman–Crippen MR) is 82.5 cm³/mol. The molecule has 0 unspecified atom stereocenters. The Morgan fingerprint density at radius 1 is 1.43 bits per heavy atom. The normalized spacial score (nSPS) is 26.5. The largest absolute Gasteiger partial charge is 0.383 e. The molecular weight excluding hydrogens is 294 g/mol. The summed E-state index contributed by atoms with van der Waals surface area (Å²) in [6, 6.07) is 0.386. The fraction of sp³-hybridized carbons (Fsp3) is 0.857. The van der Waals surface area contributed by atoms with Crippen LogP contribution in [0.15, 0.2) is 0 Å². The maximum Gasteiger partial charge on any atom is 0.242 e. The Kier molecular flexibility index (Phi) is 7.42. The molecule has 6 nitrogen and oxygen atoms in total. The number of halogens is 1. The van der Waals surface area contributed by atoms with Crippen LogP contribution in [0.25, 0.3) is 0 Å². The highest BCUT2D eigenvalue weighted by atomic mass is 35.5. The number of ether oxygens (including phenoxy) is 1. The molecule has 2 atom stereocenters. The van der Waals surface area contributed by atoms with E-state index < -0.39 is 0 Å². The summed E-state index contributed by atoms with van der Waals surface area (Å²) < 4.78 is 4.99. The number of nitrogens with zero attached hydrogens (tertiary/aromatic N) is 2. The number of amides is 2. The average molecular weight is 320 g/mol. The van der Waals surface area contributed by atoms with E-state index in [1.165, 1.54) is 0 Å². The van der Waals surface area contributed by atoms with Crippen LogP contribution in [-0.4, -0.2) is 74.1 Å². The summed E-state index contributed by atoms with van der Waals surface area (Å²) >= 11 is 0. The van der Waals surface area contributed by atoms with Gasteiger partial charge in [0, 0.05) is 38.7 Å². The summed E-state index contributed by atoms with van der Waals surface area (Å²) in [5.74, 6) is 0.256. The third-order valence-electron chi connectivity index (χ3n) is 4.17. The van der Waals surface area contributed by atoms with Gasteiger partial charge in [-0.3, -0.25) is 9.59 Å². The number of hydrogen-bond donors (Lipinski definition) is 1. The van der Waals surface area contributed by atoms with Crippen molar-refractivity contribution in [2.75, 3.05) is 46.4 Å². The molecule has 7 heteroatoms. The third-order valence-corrected chi connectivity index (χ3v) is 4.17. The average Bonchev–Trinajstić information content (AvgIpc) is 2.45. The molecule has 2 saturated heterocycles. The molecule has 0 radical (unpaired) electrons. The Hall–Kier alpha value is -0.850. The Morgan fingerprint density at radius 2 is 2.19 bits per heavy atom. The van der Waals surface area contributed by atoms with Gasteiger partial charge in [-0.2, -0.15) is 0 Å². The van der Waals surface area contributed by atoms with E-state index in [1.807, 2.05) is 0 Å². The van der Waals surface area contributed by atoms with Crippen molar-refractivity contribution in [2.45, 2.75) is 25.8 Å². The maximum absolute atomic E-state index is 12.5. The van der Waals surface area contributed by atoms with Gasteiger partial charge in [0.1, 0.15) is 0 Å². The molecule has 2 aliphatic rings. The van der Waals surface area contributed by atoms with Crippen molar-refractivity contribution >= 4 is 24.2 Å². The maximum atomic E-state index is 12.5. The molecule has 0 aromatic heterocycles. The summed E-state index contributed by atoms with van der Waals surface area (Å²) in [6.07, 6.45) is 1.75. The zero-order valence-electron chi connectivity index (χ0n) is 12.8. The first-order valence-electron chi connectivity index (χ1n) is 7.40. The van der Waals surface area contributed by atoms with Crippen LogP contribution in [0.2, 0.25) is 0 Å². The van der Waals surface area contributed by atoms with Gasteiger partial charge in [0.2, 0.25) is 11.8 Å². The standard InChI is InChI=1S/C14H25N3O3.ClH/c1-11-9-12(3-4-15-11)14(19)17-6-5-16(7-8-20-2)13(18)10-17;/h11-12,15H,3-10H2,1-2H3;1H/t11-,12-;/m0./s1. The number of methoxy groups -OCH3 is 1. The lowest BCUT2D eigenvalue weighted by atomic mass is 9.92. The van der Waals surface area contributed by atoms with Crippen LogP contribution in [0.3, 0.4) is 0 Å². The number of hydrogen-bond acceptors (Lipinski definition) is 4. The first-order chi connectivity index (χ1) is 9.61. The molecule has 0 aliphatic carbocycles. The minimum Gasteiger partial charge on any atom is -0.383 e. The van der Waals surface area contributed by atoms with Crippen LogP contribution in [0.4, 0.5) is 0 Å². The van der Waals surface area contributed by atoms with E-state index in [0.29, 0.717) is 32.3 Å². The molecule has 2 aliphatic heterocycles. The molecule has 2 amide bonds. The van der Waals surface area contributed by atoms with Gasteiger partial charge in [-0.25, -0.2) is 0 Å². The lowest BCUT2D eigenvalue weighted by Gasteiger charge is -2.37. The monoisotopic (exact) mass is 319 g/mol.